The van der Waals surface area contributed by atoms with Crippen molar-refractivity contribution in [3.63, 3.8) is 0 Å². The third-order valence-electron chi connectivity index (χ3n) is 20.2. The van der Waals surface area contributed by atoms with Crippen LogP contribution in [0.2, 0.25) is 0 Å². The maximum absolute atomic E-state index is 16.0. The van der Waals surface area contributed by atoms with E-state index in [1.807, 2.05) is 41.5 Å². The van der Waals surface area contributed by atoms with E-state index in [2.05, 4.69) is 61.5 Å². The Hall–Kier alpha value is -7.58. The fourth-order valence-corrected chi connectivity index (χ4v) is 15.2. The molecule has 1 unspecified atom stereocenters. The molecule has 1 aliphatic carbocycles. The van der Waals surface area contributed by atoms with Gasteiger partial charge in [-0.1, -0.05) is 18.6 Å². The summed E-state index contributed by atoms with van der Waals surface area (Å²) in [6.07, 6.45) is 12.1. The van der Waals surface area contributed by atoms with Crippen molar-refractivity contribution in [3.8, 4) is 11.3 Å². The maximum atomic E-state index is 16.0. The Morgan fingerprint density at radius 2 is 1.51 bits per heavy atom. The molecule has 19 nitrogen and oxygen atoms in total. The first-order valence-corrected chi connectivity index (χ1v) is 31.5. The summed E-state index contributed by atoms with van der Waals surface area (Å²) < 4.78 is 18.0. The van der Waals surface area contributed by atoms with Gasteiger partial charge in [0.25, 0.3) is 17.7 Å². The van der Waals surface area contributed by atoms with Crippen LogP contribution in [0.1, 0.15) is 159 Å². The molecular formula is C66H79FN12O7. The molecule has 7 amide bonds. The highest BCUT2D eigenvalue weighted by Crippen LogP contribution is 2.53. The number of amides is 7. The molecule has 0 radical (unpaired) electrons. The topological polar surface area (TPSA) is 206 Å². The second-order valence-corrected chi connectivity index (χ2v) is 26.2. The number of nitrogens with one attached hydrogen (secondary N) is 3. The predicted octanol–water partition coefficient (Wildman–Crippen LogP) is 8.26. The molecule has 13 rings (SSSR count). The number of imide groups is 2. The summed E-state index contributed by atoms with van der Waals surface area (Å²) in [6.45, 7) is 17.1. The van der Waals surface area contributed by atoms with Crippen molar-refractivity contribution < 1.29 is 38.0 Å². The number of carbonyl (C=O) groups excluding carboxylic acids is 7. The third-order valence-corrected chi connectivity index (χ3v) is 20.2. The Balaban J connectivity index is 0.675. The largest absolute Gasteiger partial charge is 0.371 e. The number of halogens is 1. The van der Waals surface area contributed by atoms with Crippen LogP contribution in [0.25, 0.3) is 22.3 Å². The van der Waals surface area contributed by atoms with Gasteiger partial charge >= 0.3 is 0 Å². The lowest BCUT2D eigenvalue weighted by Crippen LogP contribution is -2.58. The van der Waals surface area contributed by atoms with Gasteiger partial charge in [-0.05, 0) is 191 Å². The molecular weight excluding hydrogens is 1090 g/mol. The molecule has 8 aliphatic rings. The van der Waals surface area contributed by atoms with Gasteiger partial charge in [-0.2, -0.15) is 0 Å². The highest BCUT2D eigenvalue weighted by Gasteiger charge is 2.56. The quantitative estimate of drug-likeness (QED) is 0.0951. The predicted molar refractivity (Wildman–Crippen MR) is 325 cm³/mol. The van der Waals surface area contributed by atoms with E-state index in [-0.39, 0.29) is 65.9 Å². The van der Waals surface area contributed by atoms with Crippen molar-refractivity contribution in [1.29, 1.82) is 0 Å². The number of pyridine rings is 1. The summed E-state index contributed by atoms with van der Waals surface area (Å²) in [4.78, 5) is 117. The second-order valence-electron chi connectivity index (χ2n) is 26.2. The lowest BCUT2D eigenvalue weighted by molar-refractivity contribution is -0.140. The molecule has 5 saturated heterocycles. The van der Waals surface area contributed by atoms with Gasteiger partial charge in [-0.15, -0.1) is 0 Å². The molecule has 5 aromatic rings. The van der Waals surface area contributed by atoms with Crippen molar-refractivity contribution in [1.82, 2.24) is 44.8 Å². The average Bonchev–Trinajstić information content (AvgIpc) is 1.81. The third kappa shape index (κ3) is 10.4. The molecule has 452 valence electrons. The highest BCUT2D eigenvalue weighted by molar-refractivity contribution is 6.24. The SMILES string of the molecule is Cc1cc(F)c(Nc2nc(-c3ccc4c(c3)N(C3CC(N5CCCCC5)C3)C(=O)C43CCN(C(=O)C4CCN(CC5CCN(c6ccc7c(c6)C(=O)N(C6CCC(=O)NC6=O)C7=O)CC5)CC4)CC3)cc3ncn(C(C)C)c23)cc1C(=O)NC(C)C. The Kier molecular flexibility index (Phi) is 15.3. The van der Waals surface area contributed by atoms with E-state index < -0.39 is 40.9 Å². The number of hydrogen-bond acceptors (Lipinski definition) is 13. The van der Waals surface area contributed by atoms with Crippen LogP contribution in [-0.4, -0.2) is 159 Å². The first-order valence-electron chi connectivity index (χ1n) is 31.5. The van der Waals surface area contributed by atoms with Crippen LogP contribution in [0.4, 0.5) is 27.3 Å². The van der Waals surface area contributed by atoms with Crippen LogP contribution in [0.5, 0.6) is 0 Å². The number of benzene rings is 3. The first kappa shape index (κ1) is 57.5. The van der Waals surface area contributed by atoms with E-state index in [0.717, 1.165) is 112 Å². The lowest BCUT2D eigenvalue weighted by Gasteiger charge is -2.48. The van der Waals surface area contributed by atoms with E-state index in [0.29, 0.717) is 77.1 Å². The zero-order valence-corrected chi connectivity index (χ0v) is 50.1. The Morgan fingerprint density at radius 1 is 0.779 bits per heavy atom. The molecule has 86 heavy (non-hydrogen) atoms. The van der Waals surface area contributed by atoms with Gasteiger partial charge < -0.3 is 39.7 Å². The fourth-order valence-electron chi connectivity index (χ4n) is 15.2. The van der Waals surface area contributed by atoms with Gasteiger partial charge in [-0.25, -0.2) is 14.4 Å². The van der Waals surface area contributed by atoms with Gasteiger partial charge in [0.05, 0.1) is 39.8 Å². The van der Waals surface area contributed by atoms with Crippen LogP contribution in [0, 0.1) is 24.6 Å². The lowest BCUT2D eigenvalue weighted by atomic mass is 9.73. The monoisotopic (exact) mass is 1170 g/mol. The minimum Gasteiger partial charge on any atom is -0.371 e. The van der Waals surface area contributed by atoms with Crippen molar-refractivity contribution in [2.24, 2.45) is 11.8 Å². The number of piperidine rings is 5. The summed E-state index contributed by atoms with van der Waals surface area (Å²) in [5.41, 5.74) is 6.38. The number of anilines is 4. The Morgan fingerprint density at radius 3 is 2.22 bits per heavy atom. The number of carbonyl (C=O) groups is 7. The van der Waals surface area contributed by atoms with Crippen LogP contribution in [0.3, 0.4) is 0 Å². The summed E-state index contributed by atoms with van der Waals surface area (Å²) in [6, 6.07) is 15.9. The molecule has 2 aromatic heterocycles. The van der Waals surface area contributed by atoms with Gasteiger partial charge in [0.2, 0.25) is 23.6 Å². The van der Waals surface area contributed by atoms with Gasteiger partial charge in [0.15, 0.2) is 5.82 Å². The van der Waals surface area contributed by atoms with E-state index in [1.165, 1.54) is 25.3 Å². The number of fused-ring (bicyclic) bond motifs is 4. The molecule has 20 heteroatoms. The number of rotatable bonds is 13. The zero-order chi connectivity index (χ0) is 59.9. The molecule has 6 fully saturated rings. The first-order chi connectivity index (χ1) is 41.4. The Labute approximate surface area is 501 Å². The zero-order valence-electron chi connectivity index (χ0n) is 50.1. The van der Waals surface area contributed by atoms with Crippen LogP contribution < -0.4 is 25.8 Å². The summed E-state index contributed by atoms with van der Waals surface area (Å²) in [5.74, 6) is -1.70. The number of hydrogen-bond donors (Lipinski definition) is 3. The van der Waals surface area contributed by atoms with Gasteiger partial charge in [0, 0.05) is 91.7 Å². The molecule has 7 aliphatic heterocycles. The average molecular weight is 1170 g/mol. The number of likely N-dealkylation sites (tertiary alicyclic amines) is 3. The normalized spacial score (nSPS) is 23.2. The summed E-state index contributed by atoms with van der Waals surface area (Å²) in [5, 5.41) is 8.48. The Bertz CT molecular complexity index is 3560. The summed E-state index contributed by atoms with van der Waals surface area (Å²) in [7, 11) is 0. The molecule has 9 heterocycles. The summed E-state index contributed by atoms with van der Waals surface area (Å²) >= 11 is 0. The second kappa shape index (κ2) is 22.9. The molecule has 0 bridgehead atoms. The maximum Gasteiger partial charge on any atom is 0.262 e. The molecule has 1 saturated carbocycles. The molecule has 1 atom stereocenters. The van der Waals surface area contributed by atoms with Gasteiger partial charge in [0.1, 0.15) is 17.4 Å². The van der Waals surface area contributed by atoms with Crippen LogP contribution in [0.15, 0.2) is 60.9 Å². The molecule has 3 aromatic carbocycles. The highest BCUT2D eigenvalue weighted by atomic mass is 19.1. The fraction of sp³-hybridized carbons (Fsp3) is 0.530. The smallest absolute Gasteiger partial charge is 0.262 e. The van der Waals surface area contributed by atoms with E-state index >= 15 is 9.18 Å². The van der Waals surface area contributed by atoms with Crippen LogP contribution >= 0.6 is 0 Å². The van der Waals surface area contributed by atoms with E-state index in [4.69, 9.17) is 9.97 Å². The minimum absolute atomic E-state index is 0.0150. The standard InChI is InChI=1S/C66H79FN12O7/c1-38(2)69-60(81)48-34-53(51(67)29-40(48)5)71-59-58-54(68-37-77(58)39(3)4)35-52(70-59)43-9-12-50-56(30-43)78(46-31-45(32-46)74-21-7-6-8-22-74)65(86)66(50)19-27-76(28-20-66)62(83)42-17-23-73(24-18-42)36-41-15-25-75(26-16-41)44-10-11-47-49(33-44)64(85)79(63(47)84)55-13-14-57(80)72-61(55)82/h9-12,29-30,33-35,37-39,41-42,45-46,55H,6-8,13-28,31-32,36H2,1-5H3,(H,69,81)(H,70,71)(H,72,80,82). The van der Waals surface area contributed by atoms with Crippen molar-refractivity contribution in [3.05, 3.63) is 94.6 Å². The number of imidazole rings is 1. The van der Waals surface area contributed by atoms with Crippen molar-refractivity contribution in [2.45, 2.75) is 154 Å². The minimum atomic E-state index is -0.999. The number of aryl methyl sites for hydroxylation is 1. The molecule has 3 N–H and O–H groups in total. The van der Waals surface area contributed by atoms with Gasteiger partial charge in [-0.3, -0.25) is 43.8 Å². The van der Waals surface area contributed by atoms with Crippen molar-refractivity contribution in [2.75, 3.05) is 74.0 Å². The van der Waals surface area contributed by atoms with E-state index in [9.17, 15) is 28.8 Å². The van der Waals surface area contributed by atoms with Crippen LogP contribution in [-0.2, 0) is 24.6 Å². The van der Waals surface area contributed by atoms with Crippen molar-refractivity contribution >= 4 is 75.3 Å². The number of aromatic nitrogens is 3. The number of nitrogens with zero attached hydrogens (tertiary/aromatic N) is 9. The van der Waals surface area contributed by atoms with E-state index in [1.54, 1.807) is 31.5 Å². The molecule has 1 spiro atoms.